The number of carbonyl (C=O) groups excluding carboxylic acids is 1. The van der Waals surface area contributed by atoms with E-state index in [1.807, 2.05) is 6.92 Å². The summed E-state index contributed by atoms with van der Waals surface area (Å²) in [5.41, 5.74) is 1.45. The molecule has 0 unspecified atom stereocenters. The Morgan fingerprint density at radius 3 is 2.20 bits per heavy atom. The number of hydrogen-bond donors (Lipinski definition) is 2. The van der Waals surface area contributed by atoms with E-state index in [0.717, 1.165) is 0 Å². The molecule has 1 amide bonds. The van der Waals surface area contributed by atoms with E-state index in [0.29, 0.717) is 46.5 Å². The number of amides is 1. The van der Waals surface area contributed by atoms with E-state index in [2.05, 4.69) is 10.0 Å². The van der Waals surface area contributed by atoms with Crippen molar-refractivity contribution in [2.75, 3.05) is 37.5 Å². The van der Waals surface area contributed by atoms with Crippen molar-refractivity contribution in [1.29, 1.82) is 0 Å². The van der Waals surface area contributed by atoms with Crippen LogP contribution in [0.3, 0.4) is 0 Å². The van der Waals surface area contributed by atoms with Crippen molar-refractivity contribution in [1.82, 2.24) is 0 Å². The molecule has 35 heavy (non-hydrogen) atoms. The van der Waals surface area contributed by atoms with Crippen molar-refractivity contribution in [3.8, 4) is 23.0 Å². The van der Waals surface area contributed by atoms with Crippen LogP contribution in [0.1, 0.15) is 12.5 Å². The highest BCUT2D eigenvalue weighted by Crippen LogP contribution is 2.29. The third-order valence-electron chi connectivity index (χ3n) is 4.92. The summed E-state index contributed by atoms with van der Waals surface area (Å²) < 4.78 is 49.5. The smallest absolute Gasteiger partial charge is 0.262 e. The van der Waals surface area contributed by atoms with Crippen molar-refractivity contribution >= 4 is 27.3 Å². The molecule has 0 aliphatic heterocycles. The summed E-state index contributed by atoms with van der Waals surface area (Å²) in [6, 6.07) is 16.1. The minimum Gasteiger partial charge on any atom is -0.497 e. The standard InChI is InChI=1S/C25H28N2O7S/c1-5-33-19-8-6-18(7-9-19)27-35(29,30)21-11-13-23(17(2)14-21)34-16-25(28)26-22-12-10-20(31-3)15-24(22)32-4/h6-15,27H,5,16H2,1-4H3,(H,26,28). The molecule has 0 saturated carbocycles. The van der Waals surface area contributed by atoms with E-state index in [4.69, 9.17) is 18.9 Å². The second-order valence-corrected chi connectivity index (χ2v) is 9.08. The molecule has 186 valence electrons. The minimum absolute atomic E-state index is 0.0728. The SMILES string of the molecule is CCOc1ccc(NS(=O)(=O)c2ccc(OCC(=O)Nc3ccc(OC)cc3OC)c(C)c2)cc1. The summed E-state index contributed by atoms with van der Waals surface area (Å²) in [6.07, 6.45) is 0. The van der Waals surface area contributed by atoms with Crippen LogP contribution >= 0.6 is 0 Å². The van der Waals surface area contributed by atoms with E-state index >= 15 is 0 Å². The number of rotatable bonds is 11. The quantitative estimate of drug-likeness (QED) is 0.405. The lowest BCUT2D eigenvalue weighted by Gasteiger charge is -2.14. The molecule has 0 heterocycles. The van der Waals surface area contributed by atoms with Crippen LogP contribution in [0.4, 0.5) is 11.4 Å². The van der Waals surface area contributed by atoms with Gasteiger partial charge in [0.25, 0.3) is 15.9 Å². The molecule has 0 saturated heterocycles. The lowest BCUT2D eigenvalue weighted by molar-refractivity contribution is -0.118. The third-order valence-corrected chi connectivity index (χ3v) is 6.29. The number of benzene rings is 3. The van der Waals surface area contributed by atoms with Crippen LogP contribution in [0.15, 0.2) is 65.6 Å². The van der Waals surface area contributed by atoms with Gasteiger partial charge >= 0.3 is 0 Å². The maximum absolute atomic E-state index is 12.8. The van der Waals surface area contributed by atoms with Gasteiger partial charge in [-0.15, -0.1) is 0 Å². The van der Waals surface area contributed by atoms with Crippen LogP contribution in [0.5, 0.6) is 23.0 Å². The maximum Gasteiger partial charge on any atom is 0.262 e. The molecular weight excluding hydrogens is 472 g/mol. The Morgan fingerprint density at radius 2 is 1.57 bits per heavy atom. The molecule has 0 bridgehead atoms. The first kappa shape index (κ1) is 25.7. The van der Waals surface area contributed by atoms with Gasteiger partial charge in [-0.05, 0) is 74.0 Å². The van der Waals surface area contributed by atoms with Gasteiger partial charge in [-0.3, -0.25) is 9.52 Å². The number of hydrogen-bond acceptors (Lipinski definition) is 7. The Morgan fingerprint density at radius 1 is 0.857 bits per heavy atom. The fraction of sp³-hybridized carbons (Fsp3) is 0.240. The Hall–Kier alpha value is -3.92. The second kappa shape index (κ2) is 11.5. The van der Waals surface area contributed by atoms with Gasteiger partial charge in [0.2, 0.25) is 0 Å². The third kappa shape index (κ3) is 6.80. The van der Waals surface area contributed by atoms with Gasteiger partial charge in [0.05, 0.1) is 31.4 Å². The molecule has 0 fully saturated rings. The van der Waals surface area contributed by atoms with Crippen LogP contribution in [0.25, 0.3) is 0 Å². The Bertz CT molecular complexity index is 1280. The summed E-state index contributed by atoms with van der Waals surface area (Å²) in [6.45, 7) is 3.83. The fourth-order valence-corrected chi connectivity index (χ4v) is 4.33. The van der Waals surface area contributed by atoms with Crippen molar-refractivity contribution in [2.45, 2.75) is 18.7 Å². The highest BCUT2D eigenvalue weighted by atomic mass is 32.2. The Balaban J connectivity index is 1.63. The lowest BCUT2D eigenvalue weighted by Crippen LogP contribution is -2.21. The molecule has 3 aromatic carbocycles. The van der Waals surface area contributed by atoms with E-state index in [1.54, 1.807) is 49.4 Å². The summed E-state index contributed by atoms with van der Waals surface area (Å²) in [5.74, 6) is 1.69. The first-order valence-electron chi connectivity index (χ1n) is 10.8. The highest BCUT2D eigenvalue weighted by Gasteiger charge is 2.17. The van der Waals surface area contributed by atoms with Gasteiger partial charge in [-0.1, -0.05) is 0 Å². The minimum atomic E-state index is -3.81. The summed E-state index contributed by atoms with van der Waals surface area (Å²) in [5, 5.41) is 2.72. The lowest BCUT2D eigenvalue weighted by atomic mass is 10.2. The average molecular weight is 501 g/mol. The van der Waals surface area contributed by atoms with E-state index < -0.39 is 15.9 Å². The zero-order valence-corrected chi connectivity index (χ0v) is 20.8. The molecule has 0 radical (unpaired) electrons. The van der Waals surface area contributed by atoms with Crippen LogP contribution < -0.4 is 29.0 Å². The number of anilines is 2. The molecule has 9 nitrogen and oxygen atoms in total. The summed E-state index contributed by atoms with van der Waals surface area (Å²) in [7, 11) is -0.785. The Labute approximate surface area is 205 Å². The summed E-state index contributed by atoms with van der Waals surface area (Å²) >= 11 is 0. The molecule has 3 rings (SSSR count). The number of methoxy groups -OCH3 is 2. The summed E-state index contributed by atoms with van der Waals surface area (Å²) in [4.78, 5) is 12.4. The molecule has 0 spiro atoms. The van der Waals surface area contributed by atoms with E-state index in [-0.39, 0.29) is 11.5 Å². The number of aryl methyl sites for hydroxylation is 1. The topological polar surface area (TPSA) is 112 Å². The van der Waals surface area contributed by atoms with E-state index in [9.17, 15) is 13.2 Å². The largest absolute Gasteiger partial charge is 0.497 e. The van der Waals surface area contributed by atoms with Crippen LogP contribution in [0.2, 0.25) is 0 Å². The molecule has 0 atom stereocenters. The predicted octanol–water partition coefficient (Wildman–Crippen LogP) is 4.23. The zero-order chi connectivity index (χ0) is 25.4. The predicted molar refractivity (Wildman–Crippen MR) is 133 cm³/mol. The second-order valence-electron chi connectivity index (χ2n) is 7.39. The van der Waals surface area contributed by atoms with Crippen LogP contribution in [-0.4, -0.2) is 41.8 Å². The number of ether oxygens (including phenoxy) is 4. The van der Waals surface area contributed by atoms with Crippen molar-refractivity contribution in [3.05, 3.63) is 66.2 Å². The highest BCUT2D eigenvalue weighted by molar-refractivity contribution is 7.92. The molecule has 10 heteroatoms. The molecular formula is C25H28N2O7S. The monoisotopic (exact) mass is 500 g/mol. The van der Waals surface area contributed by atoms with Gasteiger partial charge in [0.1, 0.15) is 23.0 Å². The zero-order valence-electron chi connectivity index (χ0n) is 20.0. The van der Waals surface area contributed by atoms with Crippen LogP contribution in [-0.2, 0) is 14.8 Å². The average Bonchev–Trinajstić information content (AvgIpc) is 2.84. The number of sulfonamides is 1. The molecule has 2 N–H and O–H groups in total. The van der Waals surface area contributed by atoms with Gasteiger partial charge in [-0.2, -0.15) is 0 Å². The number of carbonyl (C=O) groups is 1. The maximum atomic E-state index is 12.8. The first-order valence-corrected chi connectivity index (χ1v) is 12.2. The Kier molecular flexibility index (Phi) is 8.43. The fourth-order valence-electron chi connectivity index (χ4n) is 3.18. The van der Waals surface area contributed by atoms with E-state index in [1.165, 1.54) is 32.4 Å². The van der Waals surface area contributed by atoms with Crippen molar-refractivity contribution in [2.24, 2.45) is 0 Å². The van der Waals surface area contributed by atoms with Gasteiger partial charge < -0.3 is 24.3 Å². The first-order chi connectivity index (χ1) is 16.7. The van der Waals surface area contributed by atoms with Gasteiger partial charge in [0.15, 0.2) is 6.61 Å². The van der Waals surface area contributed by atoms with Crippen LogP contribution in [0, 0.1) is 6.92 Å². The normalized spacial score (nSPS) is 10.9. The van der Waals surface area contributed by atoms with Crippen molar-refractivity contribution in [3.63, 3.8) is 0 Å². The molecule has 0 aliphatic rings. The van der Waals surface area contributed by atoms with Crippen molar-refractivity contribution < 1.29 is 32.2 Å². The number of nitrogens with one attached hydrogen (secondary N) is 2. The molecule has 0 aromatic heterocycles. The molecule has 3 aromatic rings. The molecule has 0 aliphatic carbocycles. The van der Waals surface area contributed by atoms with Gasteiger partial charge in [-0.25, -0.2) is 8.42 Å². The van der Waals surface area contributed by atoms with Gasteiger partial charge in [0, 0.05) is 11.8 Å².